The Morgan fingerprint density at radius 2 is 1.81 bits per heavy atom. The van der Waals surface area contributed by atoms with Crippen molar-refractivity contribution in [2.24, 2.45) is 0 Å². The molecular weight excluding hydrogens is 398 g/mol. The first-order chi connectivity index (χ1) is 15.8. The van der Waals surface area contributed by atoms with Gasteiger partial charge in [0.05, 0.1) is 11.0 Å². The lowest BCUT2D eigenvalue weighted by Crippen LogP contribution is -2.28. The Kier molecular flexibility index (Phi) is 8.83. The number of imidazole rings is 1. The predicted molar refractivity (Wildman–Crippen MR) is 133 cm³/mol. The van der Waals surface area contributed by atoms with Gasteiger partial charge < -0.3 is 24.4 Å². The standard InChI is InChI=1S/C26H43N5O/c1-3-29(4-2)19-20-32-23-9-10-24-25(21-23)31(18-8-7-17-30-15-5-6-16-30)26(28-24)22-11-13-27-14-12-22/h9-10,21-22,27H,3-8,11-20H2,1-2H3. The molecule has 0 saturated carbocycles. The Bertz CT molecular complexity index is 819. The quantitative estimate of drug-likeness (QED) is 0.503. The molecule has 4 rings (SSSR count). The number of piperidine rings is 1. The van der Waals surface area contributed by atoms with Gasteiger partial charge in [-0.05, 0) is 96.5 Å². The Balaban J connectivity index is 1.46. The largest absolute Gasteiger partial charge is 0.492 e. The van der Waals surface area contributed by atoms with Crippen LogP contribution in [0, 0.1) is 0 Å². The third-order valence-corrected chi connectivity index (χ3v) is 7.33. The fraction of sp³-hybridized carbons (Fsp3) is 0.731. The van der Waals surface area contributed by atoms with E-state index in [0.717, 1.165) is 57.1 Å². The van der Waals surface area contributed by atoms with Crippen molar-refractivity contribution in [2.75, 3.05) is 59.0 Å². The molecule has 0 radical (unpaired) electrons. The van der Waals surface area contributed by atoms with Crippen LogP contribution in [-0.2, 0) is 6.54 Å². The molecular formula is C26H43N5O. The van der Waals surface area contributed by atoms with Gasteiger partial charge in [0.15, 0.2) is 0 Å². The summed E-state index contributed by atoms with van der Waals surface area (Å²) in [5, 5.41) is 3.51. The predicted octanol–water partition coefficient (Wildman–Crippen LogP) is 4.10. The summed E-state index contributed by atoms with van der Waals surface area (Å²) in [4.78, 5) is 10.2. The van der Waals surface area contributed by atoms with Crippen LogP contribution in [0.15, 0.2) is 18.2 Å². The van der Waals surface area contributed by atoms with Crippen molar-refractivity contribution in [3.05, 3.63) is 24.0 Å². The summed E-state index contributed by atoms with van der Waals surface area (Å²) < 4.78 is 8.67. The van der Waals surface area contributed by atoms with Crippen molar-refractivity contribution >= 4 is 11.0 Å². The van der Waals surface area contributed by atoms with Crippen molar-refractivity contribution in [2.45, 2.75) is 64.8 Å². The molecule has 32 heavy (non-hydrogen) atoms. The Morgan fingerprint density at radius 1 is 1.06 bits per heavy atom. The summed E-state index contributed by atoms with van der Waals surface area (Å²) in [5.41, 5.74) is 2.37. The number of aryl methyl sites for hydroxylation is 1. The molecule has 2 aromatic rings. The molecule has 0 spiro atoms. The lowest BCUT2D eigenvalue weighted by Gasteiger charge is -2.23. The second-order valence-electron chi connectivity index (χ2n) is 9.43. The number of likely N-dealkylation sites (tertiary alicyclic amines) is 1. The molecule has 0 bridgehead atoms. The average molecular weight is 442 g/mol. The lowest BCUT2D eigenvalue weighted by molar-refractivity contribution is 0.223. The molecule has 1 N–H and O–H groups in total. The SMILES string of the molecule is CCN(CC)CCOc1ccc2nc(C3CCNCC3)n(CCCCN3CCCC3)c2c1. The summed E-state index contributed by atoms with van der Waals surface area (Å²) in [6.07, 6.45) is 7.61. The number of aromatic nitrogens is 2. The first kappa shape index (κ1) is 23.5. The topological polar surface area (TPSA) is 45.6 Å². The molecule has 0 unspecified atom stereocenters. The summed E-state index contributed by atoms with van der Waals surface area (Å²) in [5.74, 6) is 2.83. The maximum absolute atomic E-state index is 6.15. The van der Waals surface area contributed by atoms with Crippen molar-refractivity contribution in [3.8, 4) is 5.75 Å². The molecule has 6 nitrogen and oxygen atoms in total. The highest BCUT2D eigenvalue weighted by molar-refractivity contribution is 5.78. The molecule has 2 aliphatic rings. The molecule has 3 heterocycles. The Morgan fingerprint density at radius 3 is 2.56 bits per heavy atom. The van der Waals surface area contributed by atoms with Crippen LogP contribution in [0.1, 0.15) is 64.1 Å². The fourth-order valence-electron chi connectivity index (χ4n) is 5.28. The van der Waals surface area contributed by atoms with Crippen LogP contribution >= 0.6 is 0 Å². The van der Waals surface area contributed by atoms with Gasteiger partial charge in [0.2, 0.25) is 0 Å². The van der Waals surface area contributed by atoms with Crippen molar-refractivity contribution in [1.82, 2.24) is 24.7 Å². The number of nitrogens with zero attached hydrogens (tertiary/aromatic N) is 4. The van der Waals surface area contributed by atoms with Gasteiger partial charge in [-0.1, -0.05) is 13.8 Å². The molecule has 2 aliphatic heterocycles. The number of fused-ring (bicyclic) bond motifs is 1. The van der Waals surface area contributed by atoms with Crippen LogP contribution in [0.5, 0.6) is 5.75 Å². The van der Waals surface area contributed by atoms with Crippen molar-refractivity contribution < 1.29 is 4.74 Å². The number of hydrogen-bond acceptors (Lipinski definition) is 5. The van der Waals surface area contributed by atoms with E-state index in [0.29, 0.717) is 5.92 Å². The molecule has 0 atom stereocenters. The molecule has 2 saturated heterocycles. The average Bonchev–Trinajstić information content (AvgIpc) is 3.48. The van der Waals surface area contributed by atoms with Gasteiger partial charge in [0, 0.05) is 25.1 Å². The highest BCUT2D eigenvalue weighted by atomic mass is 16.5. The number of ether oxygens (including phenoxy) is 1. The van der Waals surface area contributed by atoms with Gasteiger partial charge in [-0.15, -0.1) is 0 Å². The van der Waals surface area contributed by atoms with Crippen LogP contribution in [0.3, 0.4) is 0 Å². The summed E-state index contributed by atoms with van der Waals surface area (Å²) in [6.45, 7) is 15.4. The highest BCUT2D eigenvalue weighted by Gasteiger charge is 2.22. The van der Waals surface area contributed by atoms with E-state index in [2.05, 4.69) is 51.7 Å². The minimum atomic E-state index is 0.564. The van der Waals surface area contributed by atoms with Gasteiger partial charge >= 0.3 is 0 Å². The normalized spacial score (nSPS) is 18.2. The molecule has 178 valence electrons. The number of benzene rings is 1. The summed E-state index contributed by atoms with van der Waals surface area (Å²) >= 11 is 0. The maximum Gasteiger partial charge on any atom is 0.121 e. The smallest absolute Gasteiger partial charge is 0.121 e. The second kappa shape index (κ2) is 12.0. The third kappa shape index (κ3) is 6.03. The van der Waals surface area contributed by atoms with E-state index in [1.807, 2.05) is 0 Å². The van der Waals surface area contributed by atoms with Gasteiger partial charge in [-0.3, -0.25) is 0 Å². The van der Waals surface area contributed by atoms with Crippen LogP contribution < -0.4 is 10.1 Å². The molecule has 0 amide bonds. The minimum absolute atomic E-state index is 0.564. The third-order valence-electron chi connectivity index (χ3n) is 7.33. The zero-order valence-corrected chi connectivity index (χ0v) is 20.3. The fourth-order valence-corrected chi connectivity index (χ4v) is 5.28. The molecule has 1 aromatic carbocycles. The number of unbranched alkanes of at least 4 members (excludes halogenated alkanes) is 1. The van der Waals surface area contributed by atoms with E-state index in [1.54, 1.807) is 0 Å². The highest BCUT2D eigenvalue weighted by Crippen LogP contribution is 2.30. The van der Waals surface area contributed by atoms with Gasteiger partial charge in [0.25, 0.3) is 0 Å². The number of rotatable bonds is 12. The summed E-state index contributed by atoms with van der Waals surface area (Å²) in [7, 11) is 0. The van der Waals surface area contributed by atoms with E-state index in [-0.39, 0.29) is 0 Å². The zero-order chi connectivity index (χ0) is 22.2. The van der Waals surface area contributed by atoms with Crippen LogP contribution in [0.25, 0.3) is 11.0 Å². The molecule has 0 aliphatic carbocycles. The molecule has 2 fully saturated rings. The summed E-state index contributed by atoms with van der Waals surface area (Å²) in [6, 6.07) is 6.49. The van der Waals surface area contributed by atoms with Gasteiger partial charge in [-0.2, -0.15) is 0 Å². The molecule has 1 aromatic heterocycles. The maximum atomic E-state index is 6.15. The van der Waals surface area contributed by atoms with E-state index in [4.69, 9.17) is 9.72 Å². The lowest BCUT2D eigenvalue weighted by atomic mass is 9.97. The first-order valence-corrected chi connectivity index (χ1v) is 13.1. The van der Waals surface area contributed by atoms with E-state index < -0.39 is 0 Å². The van der Waals surface area contributed by atoms with Crippen molar-refractivity contribution in [3.63, 3.8) is 0 Å². The van der Waals surface area contributed by atoms with Crippen LogP contribution in [0.4, 0.5) is 0 Å². The Hall–Kier alpha value is -1.63. The van der Waals surface area contributed by atoms with E-state index >= 15 is 0 Å². The van der Waals surface area contributed by atoms with E-state index in [1.165, 1.54) is 69.5 Å². The van der Waals surface area contributed by atoms with Gasteiger partial charge in [0.1, 0.15) is 18.2 Å². The van der Waals surface area contributed by atoms with Crippen LogP contribution in [0.2, 0.25) is 0 Å². The minimum Gasteiger partial charge on any atom is -0.492 e. The van der Waals surface area contributed by atoms with Crippen LogP contribution in [-0.4, -0.2) is 78.3 Å². The second-order valence-corrected chi connectivity index (χ2v) is 9.43. The number of nitrogens with one attached hydrogen (secondary N) is 1. The zero-order valence-electron chi connectivity index (χ0n) is 20.3. The number of hydrogen-bond donors (Lipinski definition) is 1. The Labute approximate surface area is 194 Å². The van der Waals surface area contributed by atoms with E-state index in [9.17, 15) is 0 Å². The number of likely N-dealkylation sites (N-methyl/N-ethyl adjacent to an activating group) is 1. The van der Waals surface area contributed by atoms with Gasteiger partial charge in [-0.25, -0.2) is 4.98 Å². The first-order valence-electron chi connectivity index (χ1n) is 13.1. The van der Waals surface area contributed by atoms with Crippen molar-refractivity contribution in [1.29, 1.82) is 0 Å². The molecule has 6 heteroatoms. The monoisotopic (exact) mass is 441 g/mol.